The highest BCUT2D eigenvalue weighted by atomic mass is 32.1. The van der Waals surface area contributed by atoms with E-state index in [-0.39, 0.29) is 17.9 Å². The summed E-state index contributed by atoms with van der Waals surface area (Å²) in [5.74, 6) is -0.0760. The Balaban J connectivity index is 1.77. The molecule has 3 heterocycles. The number of benzene rings is 1. The predicted molar refractivity (Wildman–Crippen MR) is 87.7 cm³/mol. The average molecular weight is 346 g/mol. The summed E-state index contributed by atoms with van der Waals surface area (Å²) in [7, 11) is 0. The van der Waals surface area contributed by atoms with Crippen molar-refractivity contribution in [3.63, 3.8) is 0 Å². The van der Waals surface area contributed by atoms with Crippen LogP contribution in [0.2, 0.25) is 0 Å². The first-order valence-electron chi connectivity index (χ1n) is 7.88. The van der Waals surface area contributed by atoms with Crippen LogP contribution in [-0.4, -0.2) is 44.6 Å². The summed E-state index contributed by atoms with van der Waals surface area (Å²) in [6, 6.07) is 3.90. The minimum absolute atomic E-state index is 0.0760. The standard InChI is InChI=1S/C16H18N4O3S/c1-8-4-9(2)14(10(3)5-8)20-16(24)19(17-18-20)11-6-12(21)15-22-7-13(11)23-15/h4-5,11,13,15H,6-7H2,1-3H3/t11-,13+,15+/m0/s1. The maximum atomic E-state index is 12.0. The number of nitrogens with zero attached hydrogens (tertiary/aromatic N) is 4. The van der Waals surface area contributed by atoms with Crippen molar-refractivity contribution >= 4 is 18.0 Å². The van der Waals surface area contributed by atoms with Crippen LogP contribution in [0.1, 0.15) is 29.2 Å². The highest BCUT2D eigenvalue weighted by Gasteiger charge is 2.45. The Morgan fingerprint density at radius 2 is 1.92 bits per heavy atom. The van der Waals surface area contributed by atoms with Gasteiger partial charge in [-0.2, -0.15) is 4.68 Å². The highest BCUT2D eigenvalue weighted by molar-refractivity contribution is 7.71. The Morgan fingerprint density at radius 3 is 2.62 bits per heavy atom. The summed E-state index contributed by atoms with van der Waals surface area (Å²) < 4.78 is 14.7. The van der Waals surface area contributed by atoms with E-state index in [2.05, 4.69) is 29.5 Å². The number of tetrazole rings is 1. The number of aromatic nitrogens is 4. The molecule has 1 aromatic carbocycles. The molecule has 24 heavy (non-hydrogen) atoms. The quantitative estimate of drug-likeness (QED) is 0.775. The van der Waals surface area contributed by atoms with E-state index in [4.69, 9.17) is 21.7 Å². The van der Waals surface area contributed by atoms with Gasteiger partial charge in [0.25, 0.3) is 0 Å². The highest BCUT2D eigenvalue weighted by Crippen LogP contribution is 2.33. The molecule has 2 saturated heterocycles. The molecule has 0 spiro atoms. The van der Waals surface area contributed by atoms with Gasteiger partial charge in [0.2, 0.25) is 11.1 Å². The Hall–Kier alpha value is -1.90. The van der Waals surface area contributed by atoms with E-state index in [9.17, 15) is 4.79 Å². The minimum atomic E-state index is -0.725. The lowest BCUT2D eigenvalue weighted by Gasteiger charge is -2.25. The normalized spacial score (nSPS) is 26.1. The smallest absolute Gasteiger partial charge is 0.221 e. The zero-order valence-corrected chi connectivity index (χ0v) is 14.5. The van der Waals surface area contributed by atoms with Crippen LogP contribution in [0.15, 0.2) is 12.1 Å². The second-order valence-corrected chi connectivity index (χ2v) is 6.81. The van der Waals surface area contributed by atoms with Gasteiger partial charge in [0.05, 0.1) is 18.3 Å². The van der Waals surface area contributed by atoms with Crippen molar-refractivity contribution in [2.45, 2.75) is 45.6 Å². The van der Waals surface area contributed by atoms with Crippen molar-refractivity contribution in [2.75, 3.05) is 6.61 Å². The molecule has 4 rings (SSSR count). The van der Waals surface area contributed by atoms with Crippen LogP contribution in [0.4, 0.5) is 0 Å². The lowest BCUT2D eigenvalue weighted by Crippen LogP contribution is -2.37. The summed E-state index contributed by atoms with van der Waals surface area (Å²) in [5, 5.41) is 8.45. The maximum absolute atomic E-state index is 12.0. The summed E-state index contributed by atoms with van der Waals surface area (Å²) in [4.78, 5) is 12.0. The van der Waals surface area contributed by atoms with Gasteiger partial charge in [-0.05, 0) is 54.5 Å². The molecule has 2 bridgehead atoms. The molecule has 2 aromatic rings. The monoisotopic (exact) mass is 346 g/mol. The van der Waals surface area contributed by atoms with Gasteiger partial charge in [-0.25, -0.2) is 4.68 Å². The number of hydrogen-bond acceptors (Lipinski definition) is 6. The van der Waals surface area contributed by atoms with Gasteiger partial charge in [0, 0.05) is 6.42 Å². The molecule has 126 valence electrons. The molecule has 0 saturated carbocycles. The summed E-state index contributed by atoms with van der Waals surface area (Å²) in [6.07, 6.45) is -0.643. The Bertz CT molecular complexity index is 865. The van der Waals surface area contributed by atoms with Gasteiger partial charge in [-0.3, -0.25) is 4.79 Å². The lowest BCUT2D eigenvalue weighted by atomic mass is 10.0. The van der Waals surface area contributed by atoms with E-state index >= 15 is 0 Å². The summed E-state index contributed by atoms with van der Waals surface area (Å²) in [6.45, 7) is 6.48. The molecule has 0 aliphatic carbocycles. The molecule has 0 N–H and O–H groups in total. The number of Topliss-reactive ketones (excluding diaryl/α,β-unsaturated/α-hetero) is 1. The Morgan fingerprint density at radius 1 is 1.21 bits per heavy atom. The molecule has 2 aliphatic heterocycles. The molecule has 0 unspecified atom stereocenters. The third-order valence-corrected chi connectivity index (χ3v) is 4.94. The third-order valence-electron chi connectivity index (χ3n) is 4.58. The molecule has 8 heteroatoms. The molecular weight excluding hydrogens is 328 g/mol. The van der Waals surface area contributed by atoms with Crippen LogP contribution in [0.3, 0.4) is 0 Å². The number of aryl methyl sites for hydroxylation is 3. The second-order valence-electron chi connectivity index (χ2n) is 6.44. The topological polar surface area (TPSA) is 71.2 Å². The molecule has 1 aromatic heterocycles. The number of hydrogen-bond donors (Lipinski definition) is 0. The van der Waals surface area contributed by atoms with Crippen LogP contribution in [0, 0.1) is 25.5 Å². The summed E-state index contributed by atoms with van der Waals surface area (Å²) in [5.41, 5.74) is 4.28. The SMILES string of the molecule is Cc1cc(C)c(-n2nnn([C@H]3CC(=O)[C@@H]4OC[C@H]3O4)c2=S)c(C)c1. The minimum Gasteiger partial charge on any atom is -0.343 e. The number of carbonyl (C=O) groups is 1. The molecule has 2 fully saturated rings. The van der Waals surface area contributed by atoms with E-state index < -0.39 is 6.29 Å². The van der Waals surface area contributed by atoms with Gasteiger partial charge in [0.1, 0.15) is 6.10 Å². The lowest BCUT2D eigenvalue weighted by molar-refractivity contribution is -0.156. The molecular formula is C16H18N4O3S. The van der Waals surface area contributed by atoms with Crippen LogP contribution in [0.25, 0.3) is 5.69 Å². The maximum Gasteiger partial charge on any atom is 0.221 e. The molecule has 2 aliphatic rings. The van der Waals surface area contributed by atoms with Gasteiger partial charge < -0.3 is 9.47 Å². The molecule has 3 atom stereocenters. The number of ether oxygens (including phenoxy) is 2. The van der Waals surface area contributed by atoms with Gasteiger partial charge in [-0.1, -0.05) is 17.7 Å². The summed E-state index contributed by atoms with van der Waals surface area (Å²) >= 11 is 5.59. The van der Waals surface area contributed by atoms with E-state index in [1.807, 2.05) is 13.8 Å². The van der Waals surface area contributed by atoms with Crippen LogP contribution in [-0.2, 0) is 14.3 Å². The predicted octanol–water partition coefficient (Wildman–Crippen LogP) is 1.98. The van der Waals surface area contributed by atoms with Crippen LogP contribution in [0.5, 0.6) is 0 Å². The first kappa shape index (κ1) is 15.6. The van der Waals surface area contributed by atoms with Gasteiger partial charge in [-0.15, -0.1) is 0 Å². The number of rotatable bonds is 2. The molecule has 7 nitrogen and oxygen atoms in total. The van der Waals surface area contributed by atoms with Crippen molar-refractivity contribution in [3.8, 4) is 5.69 Å². The Kier molecular flexibility index (Phi) is 3.63. The van der Waals surface area contributed by atoms with Crippen molar-refractivity contribution in [3.05, 3.63) is 33.6 Å². The number of fused-ring (bicyclic) bond motifs is 2. The first-order valence-corrected chi connectivity index (χ1v) is 8.29. The fourth-order valence-electron chi connectivity index (χ4n) is 3.58. The zero-order chi connectivity index (χ0) is 17.0. The third kappa shape index (κ3) is 2.33. The van der Waals surface area contributed by atoms with Gasteiger partial charge in [0.15, 0.2) is 5.78 Å². The number of ketones is 1. The zero-order valence-electron chi connectivity index (χ0n) is 13.7. The van der Waals surface area contributed by atoms with Crippen molar-refractivity contribution < 1.29 is 14.3 Å². The molecule has 0 amide bonds. The van der Waals surface area contributed by atoms with Crippen molar-refractivity contribution in [1.82, 2.24) is 19.8 Å². The van der Waals surface area contributed by atoms with Crippen molar-refractivity contribution in [2.24, 2.45) is 0 Å². The van der Waals surface area contributed by atoms with E-state index in [0.717, 1.165) is 16.8 Å². The van der Waals surface area contributed by atoms with E-state index in [1.165, 1.54) is 5.56 Å². The van der Waals surface area contributed by atoms with E-state index in [1.54, 1.807) is 9.36 Å². The second kappa shape index (κ2) is 5.58. The Labute approximate surface area is 144 Å². The fourth-order valence-corrected chi connectivity index (χ4v) is 3.88. The largest absolute Gasteiger partial charge is 0.343 e. The molecule has 0 radical (unpaired) electrons. The van der Waals surface area contributed by atoms with Crippen LogP contribution >= 0.6 is 12.2 Å². The van der Waals surface area contributed by atoms with Gasteiger partial charge >= 0.3 is 0 Å². The van der Waals surface area contributed by atoms with Crippen molar-refractivity contribution in [1.29, 1.82) is 0 Å². The average Bonchev–Trinajstić information content (AvgIpc) is 3.09. The first-order chi connectivity index (χ1) is 11.5. The van der Waals surface area contributed by atoms with E-state index in [0.29, 0.717) is 17.8 Å². The number of carbonyl (C=O) groups excluding carboxylic acids is 1. The van der Waals surface area contributed by atoms with Crippen LogP contribution < -0.4 is 0 Å². The fraction of sp³-hybridized carbons (Fsp3) is 0.500.